The number of nitro groups is 1. The average molecular weight is 379 g/mol. The Labute approximate surface area is 131 Å². The van der Waals surface area contributed by atoms with Crippen LogP contribution in [0.25, 0.3) is 0 Å². The minimum atomic E-state index is -3.99. The predicted molar refractivity (Wildman–Crippen MR) is 79.6 cm³/mol. The van der Waals surface area contributed by atoms with E-state index in [4.69, 9.17) is 4.74 Å². The van der Waals surface area contributed by atoms with E-state index in [0.717, 1.165) is 12.8 Å². The third-order valence-corrected chi connectivity index (χ3v) is 5.48. The molecule has 0 aliphatic heterocycles. The third kappa shape index (κ3) is 3.60. The molecule has 0 aromatic heterocycles. The van der Waals surface area contributed by atoms with E-state index in [2.05, 4.69) is 20.7 Å². The fraction of sp³-hybridized carbons (Fsp3) is 0.500. The van der Waals surface area contributed by atoms with Crippen molar-refractivity contribution in [1.29, 1.82) is 0 Å². The quantitative estimate of drug-likeness (QED) is 0.625. The molecule has 0 heterocycles. The lowest BCUT2D eigenvalue weighted by Gasteiger charge is -2.19. The Morgan fingerprint density at radius 2 is 2.14 bits per heavy atom. The first-order valence-corrected chi connectivity index (χ1v) is 8.62. The molecule has 7 nitrogen and oxygen atoms in total. The Hall–Kier alpha value is -1.03. The summed E-state index contributed by atoms with van der Waals surface area (Å²) in [5, 5.41) is 11.0. The van der Waals surface area contributed by atoms with Gasteiger partial charge in [0.25, 0.3) is 5.69 Å². The van der Waals surface area contributed by atoms with Crippen LogP contribution in [-0.2, 0) is 14.8 Å². The molecule has 0 spiro atoms. The third-order valence-electron chi connectivity index (χ3n) is 3.47. The molecular weight excluding hydrogens is 364 g/mol. The van der Waals surface area contributed by atoms with Gasteiger partial charge in [-0.2, -0.15) is 0 Å². The summed E-state index contributed by atoms with van der Waals surface area (Å²) in [5.41, 5.74) is -0.447. The number of nitrogens with zero attached hydrogens (tertiary/aromatic N) is 1. The zero-order chi connectivity index (χ0) is 15.6. The smallest absolute Gasteiger partial charge is 0.289 e. The topological polar surface area (TPSA) is 98.5 Å². The zero-order valence-corrected chi connectivity index (χ0v) is 13.7. The van der Waals surface area contributed by atoms with Crippen LogP contribution in [0.1, 0.15) is 19.3 Å². The van der Waals surface area contributed by atoms with Crippen LogP contribution in [0.4, 0.5) is 5.69 Å². The summed E-state index contributed by atoms with van der Waals surface area (Å²) in [6.07, 6.45) is 2.07. The van der Waals surface area contributed by atoms with Gasteiger partial charge in [-0.25, -0.2) is 13.1 Å². The number of nitro benzene ring substituents is 1. The molecule has 0 bridgehead atoms. The van der Waals surface area contributed by atoms with Gasteiger partial charge in [0.1, 0.15) is 0 Å². The highest BCUT2D eigenvalue weighted by Gasteiger charge is 2.34. The van der Waals surface area contributed by atoms with Crippen molar-refractivity contribution in [3.05, 3.63) is 32.8 Å². The summed E-state index contributed by atoms with van der Waals surface area (Å²) in [4.78, 5) is 9.96. The van der Waals surface area contributed by atoms with Gasteiger partial charge in [-0.1, -0.05) is 15.9 Å². The maximum Gasteiger partial charge on any atom is 0.289 e. The van der Waals surface area contributed by atoms with E-state index in [-0.39, 0.29) is 17.0 Å². The Kier molecular flexibility index (Phi) is 4.97. The van der Waals surface area contributed by atoms with Gasteiger partial charge in [-0.15, -0.1) is 0 Å². The van der Waals surface area contributed by atoms with Crippen LogP contribution in [0.3, 0.4) is 0 Å². The molecule has 21 heavy (non-hydrogen) atoms. The molecule has 0 saturated heterocycles. The Bertz CT molecular complexity index is 649. The number of halogens is 1. The average Bonchev–Trinajstić information content (AvgIpc) is 2.84. The van der Waals surface area contributed by atoms with E-state index in [9.17, 15) is 18.5 Å². The fourth-order valence-electron chi connectivity index (χ4n) is 2.46. The minimum absolute atomic E-state index is 0.203. The van der Waals surface area contributed by atoms with Crippen molar-refractivity contribution in [2.75, 3.05) is 7.11 Å². The minimum Gasteiger partial charge on any atom is -0.380 e. The lowest BCUT2D eigenvalue weighted by Crippen LogP contribution is -2.40. The molecule has 1 aliphatic carbocycles. The first-order chi connectivity index (χ1) is 9.85. The molecule has 1 aromatic carbocycles. The first kappa shape index (κ1) is 16.3. The molecule has 2 unspecified atom stereocenters. The monoisotopic (exact) mass is 378 g/mol. The molecule has 9 heteroatoms. The molecule has 0 amide bonds. The van der Waals surface area contributed by atoms with Gasteiger partial charge < -0.3 is 4.74 Å². The van der Waals surface area contributed by atoms with Crippen LogP contribution in [0, 0.1) is 10.1 Å². The lowest BCUT2D eigenvalue weighted by atomic mass is 10.2. The summed E-state index contributed by atoms with van der Waals surface area (Å²) in [6.45, 7) is 0. The second-order valence-corrected chi connectivity index (χ2v) is 7.40. The normalized spacial score (nSPS) is 22.4. The van der Waals surface area contributed by atoms with E-state index in [0.29, 0.717) is 10.9 Å². The van der Waals surface area contributed by atoms with E-state index in [1.807, 2.05) is 0 Å². The van der Waals surface area contributed by atoms with Gasteiger partial charge in [0, 0.05) is 23.7 Å². The van der Waals surface area contributed by atoms with Crippen LogP contribution < -0.4 is 4.72 Å². The Balaban J connectivity index is 2.35. The standard InChI is InChI=1S/C12H15BrN2O5S/c1-20-11-4-2-3-9(11)14-21(18,19)12-7-8(13)5-6-10(12)15(16)17/h5-7,9,11,14H,2-4H2,1H3. The van der Waals surface area contributed by atoms with Crippen molar-refractivity contribution in [1.82, 2.24) is 4.72 Å². The molecule has 1 fully saturated rings. The second-order valence-electron chi connectivity index (χ2n) is 4.80. The van der Waals surface area contributed by atoms with Crippen molar-refractivity contribution in [2.24, 2.45) is 0 Å². The number of sulfonamides is 1. The number of rotatable bonds is 5. The van der Waals surface area contributed by atoms with Crippen molar-refractivity contribution >= 4 is 31.6 Å². The Morgan fingerprint density at radius 1 is 1.43 bits per heavy atom. The molecule has 2 atom stereocenters. The number of nitrogens with one attached hydrogen (secondary N) is 1. The highest BCUT2D eigenvalue weighted by molar-refractivity contribution is 9.10. The predicted octanol–water partition coefficient (Wildman–Crippen LogP) is 2.20. The summed E-state index contributed by atoms with van der Waals surface area (Å²) >= 11 is 3.14. The van der Waals surface area contributed by atoms with Gasteiger partial charge >= 0.3 is 0 Å². The van der Waals surface area contributed by atoms with Crippen LogP contribution in [0.5, 0.6) is 0 Å². The van der Waals surface area contributed by atoms with E-state index < -0.39 is 20.6 Å². The maximum atomic E-state index is 12.4. The lowest BCUT2D eigenvalue weighted by molar-refractivity contribution is -0.387. The molecule has 2 rings (SSSR count). The summed E-state index contributed by atoms with van der Waals surface area (Å²) < 4.78 is 33.1. The number of ether oxygens (including phenoxy) is 1. The number of hydrogen-bond donors (Lipinski definition) is 1. The van der Waals surface area contributed by atoms with E-state index in [1.54, 1.807) is 0 Å². The maximum absolute atomic E-state index is 12.4. The molecule has 116 valence electrons. The molecule has 0 radical (unpaired) electrons. The highest BCUT2D eigenvalue weighted by Crippen LogP contribution is 2.29. The second kappa shape index (κ2) is 6.39. The summed E-state index contributed by atoms with van der Waals surface area (Å²) in [7, 11) is -2.46. The van der Waals surface area contributed by atoms with Crippen molar-refractivity contribution in [3.63, 3.8) is 0 Å². The molecule has 1 aromatic rings. The summed E-state index contributed by atoms with van der Waals surface area (Å²) in [6, 6.07) is 3.47. The number of benzene rings is 1. The number of hydrogen-bond acceptors (Lipinski definition) is 5. The van der Waals surface area contributed by atoms with Gasteiger partial charge in [-0.05, 0) is 31.4 Å². The highest BCUT2D eigenvalue weighted by atomic mass is 79.9. The Morgan fingerprint density at radius 3 is 2.76 bits per heavy atom. The molecule has 1 N–H and O–H groups in total. The van der Waals surface area contributed by atoms with E-state index in [1.165, 1.54) is 25.3 Å². The molecule has 1 aliphatic rings. The first-order valence-electron chi connectivity index (χ1n) is 6.34. The molecular formula is C12H15BrN2O5S. The summed E-state index contributed by atoms with van der Waals surface area (Å²) in [5.74, 6) is 0. The van der Waals surface area contributed by atoms with Gasteiger partial charge in [0.15, 0.2) is 4.90 Å². The van der Waals surface area contributed by atoms with Crippen LogP contribution in [0.2, 0.25) is 0 Å². The largest absolute Gasteiger partial charge is 0.380 e. The van der Waals surface area contributed by atoms with Gasteiger partial charge in [0.2, 0.25) is 10.0 Å². The van der Waals surface area contributed by atoms with Crippen LogP contribution in [-0.4, -0.2) is 32.6 Å². The van der Waals surface area contributed by atoms with E-state index >= 15 is 0 Å². The van der Waals surface area contributed by atoms with Gasteiger partial charge in [-0.3, -0.25) is 10.1 Å². The van der Waals surface area contributed by atoms with Crippen molar-refractivity contribution in [2.45, 2.75) is 36.3 Å². The van der Waals surface area contributed by atoms with Crippen LogP contribution >= 0.6 is 15.9 Å². The van der Waals surface area contributed by atoms with Crippen LogP contribution in [0.15, 0.2) is 27.6 Å². The number of methoxy groups -OCH3 is 1. The van der Waals surface area contributed by atoms with Crippen molar-refractivity contribution < 1.29 is 18.1 Å². The zero-order valence-electron chi connectivity index (χ0n) is 11.3. The molecule has 1 saturated carbocycles. The SMILES string of the molecule is COC1CCCC1NS(=O)(=O)c1cc(Br)ccc1[N+](=O)[O-]. The van der Waals surface area contributed by atoms with Gasteiger partial charge in [0.05, 0.1) is 11.0 Å². The van der Waals surface area contributed by atoms with Crippen molar-refractivity contribution in [3.8, 4) is 0 Å². The fourth-order valence-corrected chi connectivity index (χ4v) is 4.47.